The summed E-state index contributed by atoms with van der Waals surface area (Å²) < 4.78 is 6.80. The second-order valence-electron chi connectivity index (χ2n) is 8.95. The molecule has 6 aromatic rings. The average Bonchev–Trinajstić information content (AvgIpc) is 2.92. The summed E-state index contributed by atoms with van der Waals surface area (Å²) in [6.45, 7) is 0. The molecule has 0 amide bonds. The van der Waals surface area contributed by atoms with Gasteiger partial charge in [0.15, 0.2) is 0 Å². The van der Waals surface area contributed by atoms with Gasteiger partial charge in [0.2, 0.25) is 0 Å². The van der Waals surface area contributed by atoms with Crippen molar-refractivity contribution in [3.63, 3.8) is 0 Å². The molecule has 0 spiro atoms. The summed E-state index contributed by atoms with van der Waals surface area (Å²) in [7, 11) is 0. The lowest BCUT2D eigenvalue weighted by atomic mass is 9.96. The van der Waals surface area contributed by atoms with Crippen molar-refractivity contribution in [2.45, 2.75) is 12.8 Å². The Kier molecular flexibility index (Phi) is 5.74. The number of rotatable bonds is 6. The van der Waals surface area contributed by atoms with E-state index in [1.807, 2.05) is 0 Å². The largest absolute Gasteiger partial charge is 0.457 e. The lowest BCUT2D eigenvalue weighted by Gasteiger charge is -2.18. The highest BCUT2D eigenvalue weighted by molar-refractivity contribution is 5.90. The van der Waals surface area contributed by atoms with E-state index in [-0.39, 0.29) is 0 Å². The second kappa shape index (κ2) is 9.48. The van der Waals surface area contributed by atoms with Crippen molar-refractivity contribution in [2.24, 2.45) is 0 Å². The Morgan fingerprint density at radius 2 is 0.771 bits per heavy atom. The van der Waals surface area contributed by atoms with E-state index in [1.54, 1.807) is 0 Å². The van der Waals surface area contributed by atoms with Crippen LogP contribution in [-0.4, -0.2) is 0 Å². The third-order valence-corrected chi connectivity index (χ3v) is 6.66. The van der Waals surface area contributed by atoms with Crippen LogP contribution in [0.4, 0.5) is 0 Å². The van der Waals surface area contributed by atoms with Crippen molar-refractivity contribution >= 4 is 21.5 Å². The van der Waals surface area contributed by atoms with Crippen molar-refractivity contribution in [1.29, 1.82) is 0 Å². The van der Waals surface area contributed by atoms with Crippen molar-refractivity contribution in [1.82, 2.24) is 0 Å². The van der Waals surface area contributed by atoms with Crippen molar-refractivity contribution in [3.8, 4) is 11.5 Å². The van der Waals surface area contributed by atoms with Gasteiger partial charge in [-0.3, -0.25) is 0 Å². The van der Waals surface area contributed by atoms with Crippen LogP contribution in [0.5, 0.6) is 11.5 Å². The van der Waals surface area contributed by atoms with Crippen LogP contribution in [0.15, 0.2) is 133 Å². The first kappa shape index (κ1) is 21.2. The van der Waals surface area contributed by atoms with Gasteiger partial charge in [-0.05, 0) is 44.8 Å². The summed E-state index contributed by atoms with van der Waals surface area (Å²) >= 11 is 0. The first-order valence-electron chi connectivity index (χ1n) is 12.1. The van der Waals surface area contributed by atoms with E-state index in [4.69, 9.17) is 4.74 Å². The highest BCUT2D eigenvalue weighted by atomic mass is 16.5. The van der Waals surface area contributed by atoms with Crippen LogP contribution in [-0.2, 0) is 12.8 Å². The first-order valence-corrected chi connectivity index (χ1v) is 12.1. The highest BCUT2D eigenvalue weighted by Crippen LogP contribution is 2.37. The van der Waals surface area contributed by atoms with Gasteiger partial charge >= 0.3 is 0 Å². The second-order valence-corrected chi connectivity index (χ2v) is 8.95. The molecular formula is C34H26O. The van der Waals surface area contributed by atoms with E-state index in [0.29, 0.717) is 0 Å². The summed E-state index contributed by atoms with van der Waals surface area (Å²) in [4.78, 5) is 0. The zero-order valence-electron chi connectivity index (χ0n) is 19.5. The van der Waals surface area contributed by atoms with Gasteiger partial charge < -0.3 is 4.74 Å². The van der Waals surface area contributed by atoms with E-state index in [2.05, 4.69) is 133 Å². The van der Waals surface area contributed by atoms with Gasteiger partial charge in [-0.1, -0.05) is 121 Å². The minimum atomic E-state index is 0.819. The van der Waals surface area contributed by atoms with Gasteiger partial charge in [0.1, 0.15) is 11.5 Å². The molecule has 0 unspecified atom stereocenters. The summed E-state index contributed by atoms with van der Waals surface area (Å²) in [5, 5.41) is 4.93. The molecule has 0 aliphatic carbocycles. The molecule has 0 heterocycles. The molecule has 1 heteroatoms. The molecule has 0 fully saturated rings. The number of hydrogen-bond acceptors (Lipinski definition) is 1. The maximum atomic E-state index is 6.80. The van der Waals surface area contributed by atoms with Gasteiger partial charge in [-0.2, -0.15) is 0 Å². The molecule has 0 aromatic heterocycles. The topological polar surface area (TPSA) is 9.23 Å². The van der Waals surface area contributed by atoms with Crippen LogP contribution in [0, 0.1) is 0 Å². The zero-order chi connectivity index (χ0) is 23.5. The Morgan fingerprint density at radius 3 is 1.23 bits per heavy atom. The molecule has 0 aliphatic rings. The van der Waals surface area contributed by atoms with Crippen molar-refractivity contribution < 1.29 is 4.74 Å². The highest BCUT2D eigenvalue weighted by Gasteiger charge is 2.15. The van der Waals surface area contributed by atoms with E-state index >= 15 is 0 Å². The lowest BCUT2D eigenvalue weighted by Crippen LogP contribution is -1.99. The van der Waals surface area contributed by atoms with E-state index in [1.165, 1.54) is 43.8 Å². The molecule has 35 heavy (non-hydrogen) atoms. The Hall–Kier alpha value is -4.36. The average molecular weight is 451 g/mol. The van der Waals surface area contributed by atoms with Crippen LogP contribution < -0.4 is 4.74 Å². The molecular weight excluding hydrogens is 424 g/mol. The van der Waals surface area contributed by atoms with Crippen LogP contribution in [0.3, 0.4) is 0 Å². The van der Waals surface area contributed by atoms with Crippen molar-refractivity contribution in [2.75, 3.05) is 0 Å². The maximum absolute atomic E-state index is 6.80. The van der Waals surface area contributed by atoms with Crippen LogP contribution in [0.25, 0.3) is 21.5 Å². The number of fused-ring (bicyclic) bond motifs is 2. The number of benzene rings is 6. The minimum absolute atomic E-state index is 0.819. The molecule has 6 aromatic carbocycles. The standard InChI is InChI=1S/C34H26O/c1-3-11-25(12-4-1)23-31-29-17-9-7-15-27(29)19-21-33(31)35-34-22-20-28-16-8-10-18-30(28)32(34)24-26-13-5-2-6-14-26/h1-22H,23-24H2. The number of hydrogen-bond donors (Lipinski definition) is 0. The molecule has 0 radical (unpaired) electrons. The van der Waals surface area contributed by atoms with Crippen LogP contribution in [0.2, 0.25) is 0 Å². The molecule has 0 bridgehead atoms. The van der Waals surface area contributed by atoms with E-state index in [0.717, 1.165) is 24.3 Å². The maximum Gasteiger partial charge on any atom is 0.131 e. The molecule has 0 saturated carbocycles. The Labute approximate surface area is 206 Å². The Balaban J connectivity index is 1.49. The number of ether oxygens (including phenoxy) is 1. The Bertz CT molecular complexity index is 1480. The molecule has 0 saturated heterocycles. The third-order valence-electron chi connectivity index (χ3n) is 6.66. The van der Waals surface area contributed by atoms with Gasteiger partial charge in [-0.15, -0.1) is 0 Å². The quantitative estimate of drug-likeness (QED) is 0.246. The predicted molar refractivity (Wildman–Crippen MR) is 146 cm³/mol. The fourth-order valence-electron chi connectivity index (χ4n) is 4.91. The molecule has 1 nitrogen and oxygen atoms in total. The fraction of sp³-hybridized carbons (Fsp3) is 0.0588. The fourth-order valence-corrected chi connectivity index (χ4v) is 4.91. The molecule has 6 rings (SSSR count). The third kappa shape index (κ3) is 4.41. The summed E-state index contributed by atoms with van der Waals surface area (Å²) in [6.07, 6.45) is 1.64. The monoisotopic (exact) mass is 450 g/mol. The molecule has 0 aliphatic heterocycles. The van der Waals surface area contributed by atoms with Crippen LogP contribution in [0.1, 0.15) is 22.3 Å². The van der Waals surface area contributed by atoms with Gasteiger partial charge in [0.25, 0.3) is 0 Å². The molecule has 168 valence electrons. The van der Waals surface area contributed by atoms with Crippen LogP contribution >= 0.6 is 0 Å². The lowest BCUT2D eigenvalue weighted by molar-refractivity contribution is 0.474. The summed E-state index contributed by atoms with van der Waals surface area (Å²) in [6, 6.07) is 47.0. The molecule has 0 N–H and O–H groups in total. The van der Waals surface area contributed by atoms with E-state index in [9.17, 15) is 0 Å². The van der Waals surface area contributed by atoms with Gasteiger partial charge in [-0.25, -0.2) is 0 Å². The first-order chi connectivity index (χ1) is 17.3. The molecule has 0 atom stereocenters. The smallest absolute Gasteiger partial charge is 0.131 e. The van der Waals surface area contributed by atoms with Crippen molar-refractivity contribution in [3.05, 3.63) is 156 Å². The van der Waals surface area contributed by atoms with Gasteiger partial charge in [0.05, 0.1) is 0 Å². The van der Waals surface area contributed by atoms with Gasteiger partial charge in [0, 0.05) is 24.0 Å². The predicted octanol–water partition coefficient (Wildman–Crippen LogP) is 8.97. The normalized spacial score (nSPS) is 11.1. The van der Waals surface area contributed by atoms with E-state index < -0.39 is 0 Å². The Morgan fingerprint density at radius 1 is 0.371 bits per heavy atom. The summed E-state index contributed by atoms with van der Waals surface area (Å²) in [5.41, 5.74) is 4.98. The summed E-state index contributed by atoms with van der Waals surface area (Å²) in [5.74, 6) is 1.83. The SMILES string of the molecule is c1ccc(Cc2c(Oc3ccc4ccccc4c3Cc3ccccc3)ccc3ccccc23)cc1. The minimum Gasteiger partial charge on any atom is -0.457 e. The zero-order valence-corrected chi connectivity index (χ0v) is 19.5.